The van der Waals surface area contributed by atoms with Crippen molar-refractivity contribution >= 4 is 5.91 Å². The number of aryl methyl sites for hydroxylation is 1. The van der Waals surface area contributed by atoms with E-state index in [1.807, 2.05) is 37.3 Å². The second-order valence-corrected chi connectivity index (χ2v) is 5.67. The molecule has 0 aromatic heterocycles. The molecule has 5 heteroatoms. The van der Waals surface area contributed by atoms with Crippen LogP contribution in [0.3, 0.4) is 0 Å². The standard InChI is InChI=1S/C19H22FNO3/c1-14-8-9-16(20)18(12-14)24-13-19(23)21(2)17(10-11-22)15-6-4-3-5-7-15/h3-9,12,17,22H,10-11,13H2,1-2H3. The molecule has 4 nitrogen and oxygen atoms in total. The number of benzene rings is 2. The summed E-state index contributed by atoms with van der Waals surface area (Å²) in [7, 11) is 1.66. The number of aliphatic hydroxyl groups excluding tert-OH is 1. The topological polar surface area (TPSA) is 49.8 Å². The van der Waals surface area contributed by atoms with Crippen LogP contribution in [0.1, 0.15) is 23.6 Å². The number of aliphatic hydroxyl groups is 1. The summed E-state index contributed by atoms with van der Waals surface area (Å²) in [6.45, 7) is 1.53. The molecule has 1 unspecified atom stereocenters. The molecule has 0 radical (unpaired) electrons. The molecule has 0 fully saturated rings. The Kier molecular flexibility index (Phi) is 6.32. The molecule has 0 saturated carbocycles. The van der Waals surface area contributed by atoms with Crippen molar-refractivity contribution < 1.29 is 19.0 Å². The molecule has 2 rings (SSSR count). The molecule has 0 spiro atoms. The number of carbonyl (C=O) groups is 1. The third kappa shape index (κ3) is 4.55. The van der Waals surface area contributed by atoms with E-state index >= 15 is 0 Å². The van der Waals surface area contributed by atoms with Crippen LogP contribution in [0.2, 0.25) is 0 Å². The van der Waals surface area contributed by atoms with Gasteiger partial charge < -0.3 is 14.7 Å². The molecule has 2 aromatic rings. The third-order valence-electron chi connectivity index (χ3n) is 3.89. The summed E-state index contributed by atoms with van der Waals surface area (Å²) in [5.74, 6) is -0.709. The van der Waals surface area contributed by atoms with E-state index in [-0.39, 0.29) is 30.9 Å². The van der Waals surface area contributed by atoms with E-state index in [9.17, 15) is 14.3 Å². The Balaban J connectivity index is 2.05. The summed E-state index contributed by atoms with van der Waals surface area (Å²) in [6, 6.07) is 13.7. The van der Waals surface area contributed by atoms with Crippen LogP contribution in [0.4, 0.5) is 4.39 Å². The van der Waals surface area contributed by atoms with Crippen LogP contribution in [0, 0.1) is 12.7 Å². The average molecular weight is 331 g/mol. The van der Waals surface area contributed by atoms with Crippen LogP contribution < -0.4 is 4.74 Å². The molecule has 24 heavy (non-hydrogen) atoms. The largest absolute Gasteiger partial charge is 0.481 e. The van der Waals surface area contributed by atoms with Crippen molar-refractivity contribution in [2.75, 3.05) is 20.3 Å². The van der Waals surface area contributed by atoms with E-state index < -0.39 is 5.82 Å². The van der Waals surface area contributed by atoms with E-state index in [1.54, 1.807) is 19.2 Å². The zero-order valence-electron chi connectivity index (χ0n) is 13.9. The van der Waals surface area contributed by atoms with Crippen molar-refractivity contribution in [2.24, 2.45) is 0 Å². The van der Waals surface area contributed by atoms with Crippen LogP contribution in [0.15, 0.2) is 48.5 Å². The molecule has 0 bridgehead atoms. The number of amides is 1. The van der Waals surface area contributed by atoms with Gasteiger partial charge in [0.05, 0.1) is 6.04 Å². The highest BCUT2D eigenvalue weighted by atomic mass is 19.1. The van der Waals surface area contributed by atoms with Gasteiger partial charge in [0.25, 0.3) is 5.91 Å². The lowest BCUT2D eigenvalue weighted by molar-refractivity contribution is -0.134. The first-order chi connectivity index (χ1) is 11.5. The van der Waals surface area contributed by atoms with Gasteiger partial charge in [0, 0.05) is 13.7 Å². The van der Waals surface area contributed by atoms with Crippen molar-refractivity contribution in [2.45, 2.75) is 19.4 Å². The smallest absolute Gasteiger partial charge is 0.260 e. The van der Waals surface area contributed by atoms with E-state index in [0.29, 0.717) is 6.42 Å². The van der Waals surface area contributed by atoms with E-state index in [1.165, 1.54) is 11.0 Å². The molecule has 1 amide bonds. The number of hydrogen-bond acceptors (Lipinski definition) is 3. The summed E-state index contributed by atoms with van der Waals surface area (Å²) in [5, 5.41) is 9.28. The number of nitrogens with zero attached hydrogens (tertiary/aromatic N) is 1. The van der Waals surface area contributed by atoms with Gasteiger partial charge in [0.15, 0.2) is 18.2 Å². The zero-order valence-corrected chi connectivity index (χ0v) is 13.9. The lowest BCUT2D eigenvalue weighted by Gasteiger charge is -2.28. The second kappa shape index (κ2) is 8.45. The van der Waals surface area contributed by atoms with E-state index in [2.05, 4.69) is 0 Å². The molecular weight excluding hydrogens is 309 g/mol. The fourth-order valence-corrected chi connectivity index (χ4v) is 2.52. The molecule has 0 aliphatic rings. The maximum absolute atomic E-state index is 13.7. The minimum Gasteiger partial charge on any atom is -0.481 e. The minimum absolute atomic E-state index is 0.0372. The van der Waals surface area contributed by atoms with Crippen LogP contribution >= 0.6 is 0 Å². The molecule has 1 N–H and O–H groups in total. The maximum Gasteiger partial charge on any atom is 0.260 e. The van der Waals surface area contributed by atoms with Crippen LogP contribution in [-0.4, -0.2) is 36.2 Å². The molecule has 0 aliphatic carbocycles. The predicted molar refractivity (Wildman–Crippen MR) is 90.3 cm³/mol. The van der Waals surface area contributed by atoms with Gasteiger partial charge in [-0.2, -0.15) is 0 Å². The second-order valence-electron chi connectivity index (χ2n) is 5.67. The number of carbonyl (C=O) groups excluding carboxylic acids is 1. The summed E-state index contributed by atoms with van der Waals surface area (Å²) < 4.78 is 19.0. The normalized spacial score (nSPS) is 11.8. The van der Waals surface area contributed by atoms with Gasteiger partial charge in [-0.15, -0.1) is 0 Å². The minimum atomic E-state index is -0.494. The molecule has 2 aromatic carbocycles. The highest BCUT2D eigenvalue weighted by molar-refractivity contribution is 5.78. The van der Waals surface area contributed by atoms with Crippen LogP contribution in [-0.2, 0) is 4.79 Å². The van der Waals surface area contributed by atoms with Crippen molar-refractivity contribution in [1.82, 2.24) is 4.90 Å². The predicted octanol–water partition coefficient (Wildman–Crippen LogP) is 3.10. The summed E-state index contributed by atoms with van der Waals surface area (Å²) in [4.78, 5) is 13.9. The lowest BCUT2D eigenvalue weighted by atomic mass is 10.0. The average Bonchev–Trinajstić information content (AvgIpc) is 2.60. The van der Waals surface area contributed by atoms with Crippen molar-refractivity contribution in [3.05, 3.63) is 65.5 Å². The molecule has 1 atom stereocenters. The van der Waals surface area contributed by atoms with Gasteiger partial charge >= 0.3 is 0 Å². The summed E-state index contributed by atoms with van der Waals surface area (Å²) in [6.07, 6.45) is 0.422. The van der Waals surface area contributed by atoms with E-state index in [0.717, 1.165) is 11.1 Å². The number of hydrogen-bond donors (Lipinski definition) is 1. The maximum atomic E-state index is 13.7. The monoisotopic (exact) mass is 331 g/mol. The molecular formula is C19H22FNO3. The SMILES string of the molecule is Cc1ccc(F)c(OCC(=O)N(C)C(CCO)c2ccccc2)c1. The van der Waals surface area contributed by atoms with Gasteiger partial charge in [-0.25, -0.2) is 4.39 Å². The van der Waals surface area contributed by atoms with Crippen LogP contribution in [0.25, 0.3) is 0 Å². The molecule has 0 aliphatic heterocycles. The van der Waals surface area contributed by atoms with Gasteiger partial charge in [-0.1, -0.05) is 36.4 Å². The number of halogens is 1. The van der Waals surface area contributed by atoms with Gasteiger partial charge in [0.1, 0.15) is 0 Å². The Bertz CT molecular complexity index is 676. The molecule has 0 saturated heterocycles. The molecule has 128 valence electrons. The molecule has 0 heterocycles. The Labute approximate surface area is 141 Å². The third-order valence-corrected chi connectivity index (χ3v) is 3.89. The number of rotatable bonds is 7. The lowest BCUT2D eigenvalue weighted by Crippen LogP contribution is -2.35. The van der Waals surface area contributed by atoms with Crippen molar-refractivity contribution in [1.29, 1.82) is 0 Å². The van der Waals surface area contributed by atoms with E-state index in [4.69, 9.17) is 4.74 Å². The van der Waals surface area contributed by atoms with Gasteiger partial charge in [0.2, 0.25) is 0 Å². The quantitative estimate of drug-likeness (QED) is 0.848. The summed E-state index contributed by atoms with van der Waals surface area (Å²) in [5.41, 5.74) is 1.79. The van der Waals surface area contributed by atoms with Gasteiger partial charge in [-0.05, 0) is 36.6 Å². The van der Waals surface area contributed by atoms with Crippen molar-refractivity contribution in [3.8, 4) is 5.75 Å². The Morgan fingerprint density at radius 3 is 2.62 bits per heavy atom. The van der Waals surface area contributed by atoms with Gasteiger partial charge in [-0.3, -0.25) is 4.79 Å². The number of likely N-dealkylation sites (N-methyl/N-ethyl adjacent to an activating group) is 1. The fraction of sp³-hybridized carbons (Fsp3) is 0.316. The highest BCUT2D eigenvalue weighted by Crippen LogP contribution is 2.23. The first kappa shape index (κ1) is 17.9. The first-order valence-corrected chi connectivity index (χ1v) is 7.83. The Hall–Kier alpha value is -2.40. The zero-order chi connectivity index (χ0) is 17.5. The Morgan fingerprint density at radius 2 is 1.96 bits per heavy atom. The van der Waals surface area contributed by atoms with Crippen molar-refractivity contribution in [3.63, 3.8) is 0 Å². The highest BCUT2D eigenvalue weighted by Gasteiger charge is 2.21. The fourth-order valence-electron chi connectivity index (χ4n) is 2.52. The number of ether oxygens (including phenoxy) is 1. The summed E-state index contributed by atoms with van der Waals surface area (Å²) >= 11 is 0. The first-order valence-electron chi connectivity index (χ1n) is 7.83. The Morgan fingerprint density at radius 1 is 1.25 bits per heavy atom. The van der Waals surface area contributed by atoms with Crippen LogP contribution in [0.5, 0.6) is 5.75 Å².